The van der Waals surface area contributed by atoms with E-state index in [4.69, 9.17) is 10.5 Å². The van der Waals surface area contributed by atoms with Gasteiger partial charge in [-0.05, 0) is 18.2 Å². The molecular weight excluding hydrogens is 292 g/mol. The molecule has 0 fully saturated rings. The fourth-order valence-corrected chi connectivity index (χ4v) is 3.89. The molecule has 1 aliphatic heterocycles. The Labute approximate surface area is 125 Å². The summed E-state index contributed by atoms with van der Waals surface area (Å²) < 4.78 is 5.14. The molecular formula is C14H14N2O2S2. The molecule has 4 nitrogen and oxygen atoms in total. The molecule has 0 bridgehead atoms. The highest BCUT2D eigenvalue weighted by Gasteiger charge is 2.25. The van der Waals surface area contributed by atoms with Crippen LogP contribution in [0, 0.1) is 0 Å². The normalized spacial score (nSPS) is 13.9. The molecule has 104 valence electrons. The second-order valence-electron chi connectivity index (χ2n) is 4.38. The first-order valence-corrected chi connectivity index (χ1v) is 8.02. The van der Waals surface area contributed by atoms with Gasteiger partial charge in [-0.25, -0.2) is 0 Å². The Morgan fingerprint density at radius 2 is 2.25 bits per heavy atom. The molecule has 3 rings (SSSR count). The summed E-state index contributed by atoms with van der Waals surface area (Å²) in [4.78, 5) is 16.2. The molecule has 0 saturated carbocycles. The molecule has 1 aliphatic rings. The summed E-state index contributed by atoms with van der Waals surface area (Å²) in [6, 6.07) is 7.49. The van der Waals surface area contributed by atoms with Crippen molar-refractivity contribution < 1.29 is 9.53 Å². The number of carbonyl (C=O) groups is 1. The Kier molecular flexibility index (Phi) is 3.58. The average molecular weight is 306 g/mol. The molecule has 1 amide bonds. The van der Waals surface area contributed by atoms with Crippen LogP contribution >= 0.6 is 23.1 Å². The van der Waals surface area contributed by atoms with Crippen molar-refractivity contribution in [3.8, 4) is 5.75 Å². The maximum absolute atomic E-state index is 12.6. The van der Waals surface area contributed by atoms with Gasteiger partial charge in [-0.2, -0.15) is 0 Å². The topological polar surface area (TPSA) is 55.6 Å². The van der Waals surface area contributed by atoms with Gasteiger partial charge in [0.15, 0.2) is 0 Å². The van der Waals surface area contributed by atoms with E-state index < -0.39 is 0 Å². The van der Waals surface area contributed by atoms with Crippen LogP contribution in [0.4, 0.5) is 11.4 Å². The fourth-order valence-electron chi connectivity index (χ4n) is 2.12. The van der Waals surface area contributed by atoms with Crippen LogP contribution in [0.2, 0.25) is 0 Å². The smallest absolute Gasteiger partial charge is 0.268 e. The Morgan fingerprint density at radius 1 is 1.40 bits per heavy atom. The van der Waals surface area contributed by atoms with Gasteiger partial charge in [0.2, 0.25) is 0 Å². The van der Waals surface area contributed by atoms with Crippen LogP contribution in [-0.4, -0.2) is 25.3 Å². The van der Waals surface area contributed by atoms with Crippen molar-refractivity contribution in [2.24, 2.45) is 0 Å². The summed E-state index contributed by atoms with van der Waals surface area (Å²) >= 11 is 3.15. The molecule has 0 spiro atoms. The number of nitrogens with zero attached hydrogens (tertiary/aromatic N) is 1. The minimum absolute atomic E-state index is 0.00505. The van der Waals surface area contributed by atoms with E-state index in [1.165, 1.54) is 11.3 Å². The fraction of sp³-hybridized carbons (Fsp3) is 0.214. The number of nitrogens with two attached hydrogens (primary N) is 1. The van der Waals surface area contributed by atoms with Gasteiger partial charge in [-0.3, -0.25) is 4.79 Å². The first-order valence-electron chi connectivity index (χ1n) is 6.16. The molecule has 20 heavy (non-hydrogen) atoms. The van der Waals surface area contributed by atoms with Crippen molar-refractivity contribution >= 4 is 40.4 Å². The SMILES string of the molecule is COc1csc(C(=O)N2CCSc3ccc(N)cc32)c1. The molecule has 2 N–H and O–H groups in total. The molecule has 0 aliphatic carbocycles. The molecule has 1 aromatic carbocycles. The van der Waals surface area contributed by atoms with Crippen molar-refractivity contribution in [3.05, 3.63) is 34.5 Å². The highest BCUT2D eigenvalue weighted by molar-refractivity contribution is 7.99. The monoisotopic (exact) mass is 306 g/mol. The summed E-state index contributed by atoms with van der Waals surface area (Å²) in [5, 5.41) is 1.84. The standard InChI is InChI=1S/C14H14N2O2S2/c1-18-10-7-13(20-8-10)14(17)16-4-5-19-12-3-2-9(15)6-11(12)16/h2-3,6-8H,4-5,15H2,1H3. The van der Waals surface area contributed by atoms with E-state index in [0.29, 0.717) is 17.1 Å². The first-order chi connectivity index (χ1) is 9.69. The van der Waals surface area contributed by atoms with E-state index in [0.717, 1.165) is 22.1 Å². The second-order valence-corrected chi connectivity index (χ2v) is 6.43. The van der Waals surface area contributed by atoms with Gasteiger partial charge in [-0.15, -0.1) is 23.1 Å². The van der Waals surface area contributed by atoms with Gasteiger partial charge in [0.1, 0.15) is 5.75 Å². The molecule has 0 radical (unpaired) electrons. The summed E-state index contributed by atoms with van der Waals surface area (Å²) in [5.41, 5.74) is 7.42. The van der Waals surface area contributed by atoms with Crippen molar-refractivity contribution in [2.45, 2.75) is 4.90 Å². The minimum Gasteiger partial charge on any atom is -0.496 e. The van der Waals surface area contributed by atoms with Gasteiger partial charge in [0, 0.05) is 34.3 Å². The van der Waals surface area contributed by atoms with Gasteiger partial charge < -0.3 is 15.4 Å². The molecule has 0 unspecified atom stereocenters. The molecule has 6 heteroatoms. The molecule has 0 atom stereocenters. The van der Waals surface area contributed by atoms with Crippen molar-refractivity contribution in [3.63, 3.8) is 0 Å². The number of thioether (sulfide) groups is 1. The van der Waals surface area contributed by atoms with Crippen LogP contribution < -0.4 is 15.4 Å². The molecule has 2 heterocycles. The predicted molar refractivity (Wildman–Crippen MR) is 84.1 cm³/mol. The number of amides is 1. The third-order valence-electron chi connectivity index (χ3n) is 3.11. The number of rotatable bonds is 2. The van der Waals surface area contributed by atoms with Gasteiger partial charge >= 0.3 is 0 Å². The highest BCUT2D eigenvalue weighted by Crippen LogP contribution is 2.37. The highest BCUT2D eigenvalue weighted by atomic mass is 32.2. The van der Waals surface area contributed by atoms with E-state index in [-0.39, 0.29) is 5.91 Å². The number of anilines is 2. The summed E-state index contributed by atoms with van der Waals surface area (Å²) in [7, 11) is 1.60. The molecule has 1 aromatic heterocycles. The zero-order chi connectivity index (χ0) is 14.1. The van der Waals surface area contributed by atoms with Crippen LogP contribution in [0.1, 0.15) is 9.67 Å². The lowest BCUT2D eigenvalue weighted by molar-refractivity contribution is 0.0991. The summed E-state index contributed by atoms with van der Waals surface area (Å²) in [5.74, 6) is 1.62. The summed E-state index contributed by atoms with van der Waals surface area (Å²) in [6.45, 7) is 0.695. The summed E-state index contributed by atoms with van der Waals surface area (Å²) in [6.07, 6.45) is 0. The van der Waals surface area contributed by atoms with Gasteiger partial charge in [0.05, 0.1) is 17.7 Å². The quantitative estimate of drug-likeness (QED) is 0.866. The van der Waals surface area contributed by atoms with E-state index in [1.807, 2.05) is 23.6 Å². The van der Waals surface area contributed by atoms with E-state index in [9.17, 15) is 4.79 Å². The maximum Gasteiger partial charge on any atom is 0.268 e. The average Bonchev–Trinajstić information content (AvgIpc) is 2.94. The number of hydrogen-bond acceptors (Lipinski definition) is 5. The van der Waals surface area contributed by atoms with E-state index in [1.54, 1.807) is 29.8 Å². The largest absolute Gasteiger partial charge is 0.496 e. The Bertz CT molecular complexity index is 654. The molecule has 0 saturated heterocycles. The lowest BCUT2D eigenvalue weighted by Gasteiger charge is -2.28. The zero-order valence-corrected chi connectivity index (χ0v) is 12.6. The number of thiophene rings is 1. The number of benzene rings is 1. The molecule has 2 aromatic rings. The van der Waals surface area contributed by atoms with Crippen molar-refractivity contribution in [1.82, 2.24) is 0 Å². The number of methoxy groups -OCH3 is 1. The Balaban J connectivity index is 1.95. The Hall–Kier alpha value is -1.66. The van der Waals surface area contributed by atoms with Crippen LogP contribution in [0.25, 0.3) is 0 Å². The van der Waals surface area contributed by atoms with E-state index >= 15 is 0 Å². The third kappa shape index (κ3) is 2.36. The van der Waals surface area contributed by atoms with Crippen LogP contribution in [0.5, 0.6) is 5.75 Å². The van der Waals surface area contributed by atoms with Crippen molar-refractivity contribution in [2.75, 3.05) is 30.0 Å². The van der Waals surface area contributed by atoms with Crippen molar-refractivity contribution in [1.29, 1.82) is 0 Å². The lowest BCUT2D eigenvalue weighted by Crippen LogP contribution is -2.35. The zero-order valence-electron chi connectivity index (χ0n) is 11.0. The second kappa shape index (κ2) is 5.38. The third-order valence-corrected chi connectivity index (χ3v) is 5.05. The minimum atomic E-state index is 0.00505. The Morgan fingerprint density at radius 3 is 3.00 bits per heavy atom. The first kappa shape index (κ1) is 13.3. The number of fused-ring (bicyclic) bond motifs is 1. The predicted octanol–water partition coefficient (Wildman–Crippen LogP) is 3.09. The number of ether oxygens (including phenoxy) is 1. The number of hydrogen-bond donors (Lipinski definition) is 1. The van der Waals surface area contributed by atoms with Gasteiger partial charge in [-0.1, -0.05) is 0 Å². The number of nitrogen functional groups attached to an aromatic ring is 1. The lowest BCUT2D eigenvalue weighted by atomic mass is 10.2. The van der Waals surface area contributed by atoms with E-state index in [2.05, 4.69) is 0 Å². The van der Waals surface area contributed by atoms with Crippen LogP contribution in [-0.2, 0) is 0 Å². The van der Waals surface area contributed by atoms with Crippen LogP contribution in [0.15, 0.2) is 34.5 Å². The van der Waals surface area contributed by atoms with Gasteiger partial charge in [0.25, 0.3) is 5.91 Å². The van der Waals surface area contributed by atoms with Crippen LogP contribution in [0.3, 0.4) is 0 Å². The maximum atomic E-state index is 12.6. The number of carbonyl (C=O) groups excluding carboxylic acids is 1.